The maximum atomic E-state index is 13.4. The lowest BCUT2D eigenvalue weighted by Crippen LogP contribution is -2.37. The van der Waals surface area contributed by atoms with Crippen LogP contribution in [0.2, 0.25) is 0 Å². The maximum absolute atomic E-state index is 13.4. The number of hydrogen-bond donors (Lipinski definition) is 2. The molecule has 5 nitrogen and oxygen atoms in total. The van der Waals surface area contributed by atoms with E-state index in [4.69, 9.17) is 21.7 Å². The van der Waals surface area contributed by atoms with Gasteiger partial charge in [0.1, 0.15) is 29.5 Å². The van der Waals surface area contributed by atoms with Gasteiger partial charge < -0.3 is 14.8 Å². The smallest absolute Gasteiger partial charge is 0.191 e. The van der Waals surface area contributed by atoms with Crippen molar-refractivity contribution < 1.29 is 13.9 Å². The van der Waals surface area contributed by atoms with Crippen LogP contribution in [0.4, 0.5) is 10.1 Å². The number of benzene rings is 3. The molecule has 170 valence electrons. The molecule has 0 amide bonds. The highest BCUT2D eigenvalue weighted by Gasteiger charge is 2.31. The summed E-state index contributed by atoms with van der Waals surface area (Å²) in [7, 11) is 0. The second kappa shape index (κ2) is 9.58. The van der Waals surface area contributed by atoms with Gasteiger partial charge in [-0.05, 0) is 80.5 Å². The lowest BCUT2D eigenvalue weighted by molar-refractivity contribution is 0.111. The van der Waals surface area contributed by atoms with Crippen LogP contribution < -0.4 is 20.2 Å². The molecule has 1 aliphatic heterocycles. The summed E-state index contributed by atoms with van der Waals surface area (Å²) in [5, 5.41) is 7.75. The van der Waals surface area contributed by atoms with Crippen molar-refractivity contribution in [3.8, 4) is 11.5 Å². The van der Waals surface area contributed by atoms with Crippen molar-refractivity contribution in [3.05, 3.63) is 89.2 Å². The molecule has 0 aliphatic carbocycles. The second-order valence-corrected chi connectivity index (χ2v) is 8.95. The molecule has 0 spiro atoms. The van der Waals surface area contributed by atoms with Gasteiger partial charge in [0, 0.05) is 17.7 Å². The summed E-state index contributed by atoms with van der Waals surface area (Å²) in [5.74, 6) is 1.12. The minimum absolute atomic E-state index is 0.269. The number of thiocarbonyl (C=S) groups is 1. The largest absolute Gasteiger partial charge is 0.489 e. The van der Waals surface area contributed by atoms with E-state index < -0.39 is 5.60 Å². The highest BCUT2D eigenvalue weighted by Crippen LogP contribution is 2.35. The van der Waals surface area contributed by atoms with Crippen LogP contribution in [0.5, 0.6) is 11.5 Å². The van der Waals surface area contributed by atoms with E-state index in [0.29, 0.717) is 18.7 Å². The van der Waals surface area contributed by atoms with Crippen LogP contribution in [-0.4, -0.2) is 16.4 Å². The number of hydrogen-bond acceptors (Lipinski definition) is 4. The Labute approximate surface area is 198 Å². The van der Waals surface area contributed by atoms with E-state index in [1.54, 1.807) is 12.1 Å². The number of hydrazone groups is 1. The molecule has 0 fully saturated rings. The molecule has 2 N–H and O–H groups in total. The SMILES string of the molecule is Cc1ccccc1COc1ccc2c(c1)/C(=N/NC(=S)Nc1cccc(F)c1)CC(C)(C)O2. The van der Waals surface area contributed by atoms with E-state index in [1.807, 2.05) is 44.2 Å². The number of ether oxygens (including phenoxy) is 2. The molecule has 0 saturated carbocycles. The van der Waals surface area contributed by atoms with Crippen LogP contribution >= 0.6 is 12.2 Å². The summed E-state index contributed by atoms with van der Waals surface area (Å²) >= 11 is 5.33. The van der Waals surface area contributed by atoms with Gasteiger partial charge in [-0.25, -0.2) is 4.39 Å². The zero-order chi connectivity index (χ0) is 23.4. The van der Waals surface area contributed by atoms with Crippen LogP contribution in [0.3, 0.4) is 0 Å². The van der Waals surface area contributed by atoms with Crippen molar-refractivity contribution in [2.45, 2.75) is 39.4 Å². The third-order valence-corrected chi connectivity index (χ3v) is 5.47. The first kappa shape index (κ1) is 22.7. The number of nitrogens with zero attached hydrogens (tertiary/aromatic N) is 1. The third-order valence-electron chi connectivity index (χ3n) is 5.27. The average molecular weight is 464 g/mol. The molecule has 0 radical (unpaired) electrons. The Balaban J connectivity index is 1.52. The van der Waals surface area contributed by atoms with Gasteiger partial charge in [0.2, 0.25) is 0 Å². The Kier molecular flexibility index (Phi) is 6.60. The molecule has 0 aromatic heterocycles. The molecule has 1 heterocycles. The van der Waals surface area contributed by atoms with Gasteiger partial charge in [0.25, 0.3) is 0 Å². The van der Waals surface area contributed by atoms with Crippen molar-refractivity contribution in [1.29, 1.82) is 0 Å². The molecule has 4 rings (SSSR count). The summed E-state index contributed by atoms with van der Waals surface area (Å²) in [4.78, 5) is 0. The summed E-state index contributed by atoms with van der Waals surface area (Å²) in [6.07, 6.45) is 0.580. The predicted molar refractivity (Wildman–Crippen MR) is 134 cm³/mol. The van der Waals surface area contributed by atoms with Crippen LogP contribution in [0.25, 0.3) is 0 Å². The second-order valence-electron chi connectivity index (χ2n) is 8.55. The molecular formula is C26H26FN3O2S. The van der Waals surface area contributed by atoms with E-state index in [1.165, 1.54) is 17.7 Å². The highest BCUT2D eigenvalue weighted by molar-refractivity contribution is 7.80. The first-order valence-corrected chi connectivity index (χ1v) is 11.1. The van der Waals surface area contributed by atoms with E-state index in [-0.39, 0.29) is 10.9 Å². The van der Waals surface area contributed by atoms with Crippen LogP contribution in [0.15, 0.2) is 71.8 Å². The number of aryl methyl sites for hydroxylation is 1. The lowest BCUT2D eigenvalue weighted by Gasteiger charge is -2.33. The number of rotatable bonds is 5. The van der Waals surface area contributed by atoms with Crippen molar-refractivity contribution >= 4 is 28.7 Å². The molecular weight excluding hydrogens is 437 g/mol. The topological polar surface area (TPSA) is 54.9 Å². The Morgan fingerprint density at radius 3 is 2.73 bits per heavy atom. The Morgan fingerprint density at radius 2 is 1.94 bits per heavy atom. The molecule has 1 aliphatic rings. The first-order chi connectivity index (χ1) is 15.8. The van der Waals surface area contributed by atoms with Crippen LogP contribution in [0, 0.1) is 12.7 Å². The molecule has 7 heteroatoms. The van der Waals surface area contributed by atoms with E-state index >= 15 is 0 Å². The predicted octanol–water partition coefficient (Wildman–Crippen LogP) is 5.96. The normalized spacial score (nSPS) is 15.3. The fourth-order valence-electron chi connectivity index (χ4n) is 3.62. The average Bonchev–Trinajstić information content (AvgIpc) is 2.76. The minimum Gasteiger partial charge on any atom is -0.489 e. The lowest BCUT2D eigenvalue weighted by atomic mass is 9.92. The quantitative estimate of drug-likeness (QED) is 0.361. The zero-order valence-electron chi connectivity index (χ0n) is 18.8. The first-order valence-electron chi connectivity index (χ1n) is 10.7. The number of anilines is 1. The fraction of sp³-hybridized carbons (Fsp3) is 0.231. The molecule has 3 aromatic rings. The minimum atomic E-state index is -0.422. The van der Waals surface area contributed by atoms with Gasteiger partial charge in [0.05, 0.1) is 5.71 Å². The standard InChI is InChI=1S/C26H26FN3O2S/c1-17-7-4-5-8-18(17)16-31-21-11-12-24-22(14-21)23(15-26(2,3)32-24)29-30-25(33)28-20-10-6-9-19(27)13-20/h4-14H,15-16H2,1-3H3,(H2,28,30,33)/b29-23+. The van der Waals surface area contributed by atoms with Gasteiger partial charge in [-0.3, -0.25) is 5.43 Å². The Bertz CT molecular complexity index is 1210. The third kappa shape index (κ3) is 5.87. The Hall–Kier alpha value is -3.45. The number of fused-ring (bicyclic) bond motifs is 1. The van der Waals surface area contributed by atoms with Crippen molar-refractivity contribution in [2.75, 3.05) is 5.32 Å². The molecule has 33 heavy (non-hydrogen) atoms. The number of halogens is 1. The zero-order valence-corrected chi connectivity index (χ0v) is 19.6. The van der Waals surface area contributed by atoms with Gasteiger partial charge in [-0.15, -0.1) is 0 Å². The van der Waals surface area contributed by atoms with Gasteiger partial charge in [-0.2, -0.15) is 5.10 Å². The van der Waals surface area contributed by atoms with Gasteiger partial charge >= 0.3 is 0 Å². The number of nitrogens with one attached hydrogen (secondary N) is 2. The van der Waals surface area contributed by atoms with Crippen LogP contribution in [0.1, 0.15) is 37.0 Å². The van der Waals surface area contributed by atoms with E-state index in [2.05, 4.69) is 34.9 Å². The van der Waals surface area contributed by atoms with Gasteiger partial charge in [-0.1, -0.05) is 30.3 Å². The van der Waals surface area contributed by atoms with Gasteiger partial charge in [0.15, 0.2) is 5.11 Å². The fourth-order valence-corrected chi connectivity index (χ4v) is 3.79. The molecule has 3 aromatic carbocycles. The van der Waals surface area contributed by atoms with Crippen molar-refractivity contribution in [1.82, 2.24) is 5.43 Å². The summed E-state index contributed by atoms with van der Waals surface area (Å²) in [6.45, 7) is 6.57. The molecule has 0 atom stereocenters. The highest BCUT2D eigenvalue weighted by atomic mass is 32.1. The monoisotopic (exact) mass is 463 g/mol. The Morgan fingerprint density at radius 1 is 1.12 bits per heavy atom. The van der Waals surface area contributed by atoms with Crippen molar-refractivity contribution in [2.24, 2.45) is 5.10 Å². The maximum Gasteiger partial charge on any atom is 0.191 e. The van der Waals surface area contributed by atoms with Crippen molar-refractivity contribution in [3.63, 3.8) is 0 Å². The van der Waals surface area contributed by atoms with E-state index in [9.17, 15) is 4.39 Å². The molecule has 0 unspecified atom stereocenters. The van der Waals surface area contributed by atoms with E-state index in [0.717, 1.165) is 28.3 Å². The molecule has 0 bridgehead atoms. The molecule has 0 saturated heterocycles. The van der Waals surface area contributed by atoms with Crippen LogP contribution in [-0.2, 0) is 6.61 Å². The summed E-state index contributed by atoms with van der Waals surface area (Å²) in [5.41, 5.74) is 6.96. The summed E-state index contributed by atoms with van der Waals surface area (Å²) in [6, 6.07) is 20.0. The summed E-state index contributed by atoms with van der Waals surface area (Å²) < 4.78 is 25.6.